The molecule has 3 aromatic rings. The molecule has 6 heteroatoms. The smallest absolute Gasteiger partial charge is 0.265 e. The van der Waals surface area contributed by atoms with Crippen molar-refractivity contribution in [1.82, 2.24) is 4.57 Å². The Morgan fingerprint density at radius 2 is 1.73 bits per heavy atom. The largest absolute Gasteiger partial charge is 0.508 e. The lowest BCUT2D eigenvalue weighted by molar-refractivity contribution is 0.475. The van der Waals surface area contributed by atoms with Crippen LogP contribution in [-0.2, 0) is 0 Å². The number of fused-ring (bicyclic) bond motifs is 1. The summed E-state index contributed by atoms with van der Waals surface area (Å²) in [5.41, 5.74) is 0.278. The molecule has 0 atom stereocenters. The molecule has 2 N–H and O–H groups in total. The van der Waals surface area contributed by atoms with Crippen LogP contribution >= 0.6 is 15.9 Å². The first-order chi connectivity index (χ1) is 10.5. The predicted molar refractivity (Wildman–Crippen MR) is 85.3 cm³/mol. The van der Waals surface area contributed by atoms with E-state index in [4.69, 9.17) is 0 Å². The van der Waals surface area contributed by atoms with E-state index in [0.29, 0.717) is 15.7 Å². The predicted octanol–water partition coefficient (Wildman–Crippen LogP) is 3.04. The molecule has 0 aliphatic carbocycles. The zero-order valence-electron chi connectivity index (χ0n) is 11.1. The fourth-order valence-electron chi connectivity index (χ4n) is 2.33. The van der Waals surface area contributed by atoms with Crippen molar-refractivity contribution in [3.05, 3.63) is 63.0 Å². The zero-order valence-corrected chi connectivity index (χ0v) is 12.7. The number of aromatic hydroxyl groups is 2. The van der Waals surface area contributed by atoms with Crippen molar-refractivity contribution in [3.8, 4) is 23.3 Å². The molecular formula is C16H9BrN2O3. The maximum absolute atomic E-state index is 12.8. The van der Waals surface area contributed by atoms with E-state index in [9.17, 15) is 20.3 Å². The molecular weight excluding hydrogens is 348 g/mol. The minimum absolute atomic E-state index is 0.0715. The van der Waals surface area contributed by atoms with Gasteiger partial charge in [-0.25, -0.2) is 0 Å². The average molecular weight is 357 g/mol. The Kier molecular flexibility index (Phi) is 3.35. The van der Waals surface area contributed by atoms with Crippen molar-refractivity contribution >= 4 is 26.7 Å². The van der Waals surface area contributed by atoms with E-state index in [1.165, 1.54) is 28.8 Å². The first-order valence-electron chi connectivity index (χ1n) is 6.29. The molecule has 0 spiro atoms. The highest BCUT2D eigenvalue weighted by molar-refractivity contribution is 9.10. The summed E-state index contributed by atoms with van der Waals surface area (Å²) in [7, 11) is 0. The van der Waals surface area contributed by atoms with Gasteiger partial charge in [0.05, 0.1) is 21.2 Å². The third kappa shape index (κ3) is 2.22. The van der Waals surface area contributed by atoms with Gasteiger partial charge in [0.2, 0.25) is 0 Å². The molecule has 1 aromatic heterocycles. The fraction of sp³-hybridized carbons (Fsp3) is 0. The van der Waals surface area contributed by atoms with Crippen molar-refractivity contribution in [2.45, 2.75) is 0 Å². The maximum Gasteiger partial charge on any atom is 0.265 e. The average Bonchev–Trinajstić information content (AvgIpc) is 2.47. The number of halogens is 1. The first kappa shape index (κ1) is 14.2. The summed E-state index contributed by atoms with van der Waals surface area (Å²) in [5, 5.41) is 28.9. The van der Waals surface area contributed by atoms with Crippen LogP contribution in [0.5, 0.6) is 11.5 Å². The summed E-state index contributed by atoms with van der Waals surface area (Å²) in [4.78, 5) is 12.8. The highest BCUT2D eigenvalue weighted by atomic mass is 79.9. The minimum Gasteiger partial charge on any atom is -0.508 e. The van der Waals surface area contributed by atoms with Crippen molar-refractivity contribution in [3.63, 3.8) is 0 Å². The molecule has 2 aromatic carbocycles. The highest BCUT2D eigenvalue weighted by Crippen LogP contribution is 2.26. The van der Waals surface area contributed by atoms with Crippen molar-refractivity contribution in [2.24, 2.45) is 0 Å². The molecule has 0 bridgehead atoms. The molecule has 0 amide bonds. The standard InChI is InChI=1S/C16H9BrN2O3/c17-14-7-9-5-13(21)6-10(8-18)15(9)16(22)19(14)11-1-3-12(20)4-2-11/h1-7,20-21H. The van der Waals surface area contributed by atoms with E-state index in [2.05, 4.69) is 15.9 Å². The van der Waals surface area contributed by atoms with Crippen LogP contribution in [-0.4, -0.2) is 14.8 Å². The Morgan fingerprint density at radius 1 is 1.05 bits per heavy atom. The molecule has 0 fully saturated rings. The van der Waals surface area contributed by atoms with Gasteiger partial charge in [0.1, 0.15) is 17.6 Å². The number of nitrogens with zero attached hydrogens (tertiary/aromatic N) is 2. The van der Waals surface area contributed by atoms with Crippen molar-refractivity contribution in [1.29, 1.82) is 5.26 Å². The Bertz CT molecular complexity index is 985. The second-order valence-corrected chi connectivity index (χ2v) is 5.51. The molecule has 0 saturated heterocycles. The number of phenolic OH excluding ortho intramolecular Hbond substituents is 2. The maximum atomic E-state index is 12.8. The number of benzene rings is 2. The highest BCUT2D eigenvalue weighted by Gasteiger charge is 2.14. The molecule has 0 aliphatic heterocycles. The van der Waals surface area contributed by atoms with E-state index >= 15 is 0 Å². The zero-order chi connectivity index (χ0) is 15.9. The lowest BCUT2D eigenvalue weighted by atomic mass is 10.1. The Morgan fingerprint density at radius 3 is 2.36 bits per heavy atom. The number of aromatic nitrogens is 1. The quantitative estimate of drug-likeness (QED) is 0.656. The first-order valence-corrected chi connectivity index (χ1v) is 7.08. The summed E-state index contributed by atoms with van der Waals surface area (Å²) >= 11 is 3.33. The van der Waals surface area contributed by atoms with E-state index < -0.39 is 0 Å². The van der Waals surface area contributed by atoms with Crippen LogP contribution in [0.1, 0.15) is 5.56 Å². The van der Waals surface area contributed by atoms with E-state index in [-0.39, 0.29) is 28.0 Å². The lowest BCUT2D eigenvalue weighted by Gasteiger charge is -2.11. The van der Waals surface area contributed by atoms with Crippen molar-refractivity contribution in [2.75, 3.05) is 0 Å². The van der Waals surface area contributed by atoms with Gasteiger partial charge in [-0.3, -0.25) is 9.36 Å². The second kappa shape index (κ2) is 5.20. The third-order valence-corrected chi connectivity index (χ3v) is 3.87. The van der Waals surface area contributed by atoms with Crippen LogP contribution in [0, 0.1) is 11.3 Å². The van der Waals surface area contributed by atoms with Gasteiger partial charge in [0.15, 0.2) is 0 Å². The molecule has 0 unspecified atom stereocenters. The molecule has 5 nitrogen and oxygen atoms in total. The van der Waals surface area contributed by atoms with E-state index in [0.717, 1.165) is 0 Å². The normalized spacial score (nSPS) is 10.5. The lowest BCUT2D eigenvalue weighted by Crippen LogP contribution is -2.20. The molecule has 0 aliphatic rings. The summed E-state index contributed by atoms with van der Waals surface area (Å²) in [6, 6.07) is 12.4. The van der Waals surface area contributed by atoms with E-state index in [1.54, 1.807) is 18.2 Å². The van der Waals surface area contributed by atoms with Crippen LogP contribution in [0.25, 0.3) is 16.5 Å². The number of hydrogen-bond donors (Lipinski definition) is 2. The van der Waals surface area contributed by atoms with E-state index in [1.807, 2.05) is 6.07 Å². The van der Waals surface area contributed by atoms with Gasteiger partial charge >= 0.3 is 0 Å². The monoisotopic (exact) mass is 356 g/mol. The molecule has 0 saturated carbocycles. The van der Waals surface area contributed by atoms with Gasteiger partial charge < -0.3 is 10.2 Å². The van der Waals surface area contributed by atoms with Crippen LogP contribution in [0.3, 0.4) is 0 Å². The Hall–Kier alpha value is -2.78. The van der Waals surface area contributed by atoms with Gasteiger partial charge in [-0.2, -0.15) is 5.26 Å². The van der Waals surface area contributed by atoms with Crippen LogP contribution in [0.4, 0.5) is 0 Å². The number of hydrogen-bond acceptors (Lipinski definition) is 4. The summed E-state index contributed by atoms with van der Waals surface area (Å²) in [6.07, 6.45) is 0. The van der Waals surface area contributed by atoms with Crippen LogP contribution < -0.4 is 5.56 Å². The Balaban J connectivity index is 2.43. The van der Waals surface area contributed by atoms with Gasteiger partial charge in [-0.1, -0.05) is 0 Å². The summed E-state index contributed by atoms with van der Waals surface area (Å²) in [5.74, 6) is 0.0223. The minimum atomic E-state index is -0.383. The SMILES string of the molecule is N#Cc1cc(O)cc2cc(Br)n(-c3ccc(O)cc3)c(=O)c12. The van der Waals surface area contributed by atoms with Gasteiger partial charge in [-0.05, 0) is 63.8 Å². The topological polar surface area (TPSA) is 86.2 Å². The van der Waals surface area contributed by atoms with Crippen LogP contribution in [0.2, 0.25) is 0 Å². The molecule has 22 heavy (non-hydrogen) atoms. The summed E-state index contributed by atoms with van der Waals surface area (Å²) in [6.45, 7) is 0. The van der Waals surface area contributed by atoms with Crippen molar-refractivity contribution < 1.29 is 10.2 Å². The summed E-state index contributed by atoms with van der Waals surface area (Å²) < 4.78 is 1.87. The molecule has 1 heterocycles. The number of rotatable bonds is 1. The van der Waals surface area contributed by atoms with Gasteiger partial charge in [0.25, 0.3) is 5.56 Å². The number of nitriles is 1. The molecule has 3 rings (SSSR count). The number of phenols is 2. The molecule has 108 valence electrons. The number of pyridine rings is 1. The fourth-order valence-corrected chi connectivity index (χ4v) is 2.95. The van der Waals surface area contributed by atoms with Gasteiger partial charge in [-0.15, -0.1) is 0 Å². The molecule has 0 radical (unpaired) electrons. The van der Waals surface area contributed by atoms with Crippen LogP contribution in [0.15, 0.2) is 51.9 Å². The second-order valence-electron chi connectivity index (χ2n) is 4.69. The Labute approximate surface area is 133 Å². The third-order valence-electron chi connectivity index (χ3n) is 3.29. The van der Waals surface area contributed by atoms with Gasteiger partial charge in [0, 0.05) is 0 Å².